The summed E-state index contributed by atoms with van der Waals surface area (Å²) in [5, 5.41) is 3.09. The van der Waals surface area contributed by atoms with Gasteiger partial charge in [0.25, 0.3) is 5.91 Å². The molecular formula is C28H33NO5. The average Bonchev–Trinajstić information content (AvgIpc) is 2.85. The Hall–Kier alpha value is -3.41. The molecule has 0 radical (unpaired) electrons. The van der Waals surface area contributed by atoms with Gasteiger partial charge in [-0.3, -0.25) is 9.59 Å². The van der Waals surface area contributed by atoms with Crippen molar-refractivity contribution in [2.24, 2.45) is 0 Å². The van der Waals surface area contributed by atoms with Crippen molar-refractivity contribution in [2.75, 3.05) is 11.9 Å². The van der Waals surface area contributed by atoms with E-state index in [1.165, 1.54) is 24.8 Å². The summed E-state index contributed by atoms with van der Waals surface area (Å²) >= 11 is 0. The van der Waals surface area contributed by atoms with E-state index in [1.807, 2.05) is 12.1 Å². The first-order valence-corrected chi connectivity index (χ1v) is 12.2. The predicted molar refractivity (Wildman–Crippen MR) is 135 cm³/mol. The number of aryl methyl sites for hydroxylation is 1. The van der Waals surface area contributed by atoms with Gasteiger partial charge in [0.2, 0.25) is 5.76 Å². The van der Waals surface area contributed by atoms with E-state index in [0.717, 1.165) is 38.2 Å². The molecule has 0 bridgehead atoms. The number of benzene rings is 2. The van der Waals surface area contributed by atoms with E-state index in [-0.39, 0.29) is 34.7 Å². The molecule has 0 spiro atoms. The van der Waals surface area contributed by atoms with E-state index in [4.69, 9.17) is 9.15 Å². The van der Waals surface area contributed by atoms with E-state index in [2.05, 4.69) is 19.2 Å². The lowest BCUT2D eigenvalue weighted by Gasteiger charge is -2.10. The monoisotopic (exact) mass is 463 g/mol. The highest BCUT2D eigenvalue weighted by atomic mass is 16.5. The lowest BCUT2D eigenvalue weighted by atomic mass is 10.0. The quantitative estimate of drug-likeness (QED) is 0.244. The molecular weight excluding hydrogens is 430 g/mol. The fraction of sp³-hybridized carbons (Fsp3) is 0.393. The molecule has 0 unspecified atom stereocenters. The molecule has 6 nitrogen and oxygen atoms in total. The maximum Gasteiger partial charge on any atom is 0.374 e. The van der Waals surface area contributed by atoms with Crippen LogP contribution in [-0.4, -0.2) is 18.5 Å². The molecule has 1 N–H and O–H groups in total. The van der Waals surface area contributed by atoms with Gasteiger partial charge in [-0.15, -0.1) is 0 Å². The third kappa shape index (κ3) is 6.80. The van der Waals surface area contributed by atoms with Crippen molar-refractivity contribution in [1.82, 2.24) is 0 Å². The Labute approximate surface area is 200 Å². The van der Waals surface area contributed by atoms with E-state index in [0.29, 0.717) is 11.3 Å². The second-order valence-corrected chi connectivity index (χ2v) is 8.46. The van der Waals surface area contributed by atoms with Crippen molar-refractivity contribution >= 4 is 28.5 Å². The summed E-state index contributed by atoms with van der Waals surface area (Å²) in [7, 11) is 0. The Bertz CT molecular complexity index is 1160. The van der Waals surface area contributed by atoms with Crippen molar-refractivity contribution in [3.8, 4) is 0 Å². The molecule has 0 saturated heterocycles. The summed E-state index contributed by atoms with van der Waals surface area (Å²) in [4.78, 5) is 37.8. The Kier molecular flexibility index (Phi) is 9.44. The van der Waals surface area contributed by atoms with Crippen LogP contribution in [0.3, 0.4) is 0 Å². The number of para-hydroxylation sites is 1. The van der Waals surface area contributed by atoms with Crippen molar-refractivity contribution in [3.05, 3.63) is 75.6 Å². The summed E-state index contributed by atoms with van der Waals surface area (Å²) < 4.78 is 10.9. The zero-order valence-corrected chi connectivity index (χ0v) is 20.0. The van der Waals surface area contributed by atoms with Crippen LogP contribution in [0.2, 0.25) is 0 Å². The zero-order chi connectivity index (χ0) is 24.3. The summed E-state index contributed by atoms with van der Waals surface area (Å²) in [5.41, 5.74) is 1.81. The number of carbonyl (C=O) groups is 2. The Morgan fingerprint density at radius 2 is 1.65 bits per heavy atom. The molecule has 0 aliphatic heterocycles. The molecule has 0 fully saturated rings. The maximum absolute atomic E-state index is 12.9. The minimum Gasteiger partial charge on any atom is -0.460 e. The molecule has 0 atom stereocenters. The first-order valence-electron chi connectivity index (χ1n) is 12.2. The number of ether oxygens (including phenoxy) is 1. The van der Waals surface area contributed by atoms with Crippen LogP contribution in [0.15, 0.2) is 57.7 Å². The fourth-order valence-corrected chi connectivity index (χ4v) is 3.74. The molecule has 0 aliphatic carbocycles. The number of hydrogen-bond donors (Lipinski definition) is 1. The van der Waals surface area contributed by atoms with Gasteiger partial charge >= 0.3 is 5.97 Å². The van der Waals surface area contributed by atoms with Gasteiger partial charge in [-0.2, -0.15) is 0 Å². The predicted octanol–water partition coefficient (Wildman–Crippen LogP) is 6.52. The lowest BCUT2D eigenvalue weighted by Crippen LogP contribution is -2.14. The van der Waals surface area contributed by atoms with Gasteiger partial charge in [-0.1, -0.05) is 64.2 Å². The maximum atomic E-state index is 12.9. The Morgan fingerprint density at radius 3 is 2.38 bits per heavy atom. The van der Waals surface area contributed by atoms with E-state index in [9.17, 15) is 14.4 Å². The van der Waals surface area contributed by atoms with Crippen LogP contribution >= 0.6 is 0 Å². The molecule has 1 heterocycles. The highest BCUT2D eigenvalue weighted by molar-refractivity contribution is 6.08. The third-order valence-corrected chi connectivity index (χ3v) is 5.72. The van der Waals surface area contributed by atoms with Gasteiger partial charge in [0.15, 0.2) is 11.0 Å². The fourth-order valence-electron chi connectivity index (χ4n) is 3.74. The molecule has 34 heavy (non-hydrogen) atoms. The standard InChI is InChI=1S/C28H33NO5/c1-3-5-7-8-11-20-14-16-21(17-15-20)27(31)29-23-13-10-12-22-24(30)19-25(34-26(22)23)28(32)33-18-9-6-4-2/h10,12-17,19H,3-9,11,18H2,1-2H3,(H,29,31). The van der Waals surface area contributed by atoms with Crippen LogP contribution in [0, 0.1) is 0 Å². The van der Waals surface area contributed by atoms with Gasteiger partial charge < -0.3 is 14.5 Å². The van der Waals surface area contributed by atoms with Crippen molar-refractivity contribution in [2.45, 2.75) is 65.2 Å². The van der Waals surface area contributed by atoms with Crippen LogP contribution in [0.1, 0.15) is 85.3 Å². The topological polar surface area (TPSA) is 85.6 Å². The minimum absolute atomic E-state index is 0.149. The highest BCUT2D eigenvalue weighted by Gasteiger charge is 2.17. The van der Waals surface area contributed by atoms with Crippen molar-refractivity contribution in [3.63, 3.8) is 0 Å². The molecule has 6 heteroatoms. The molecule has 180 valence electrons. The molecule has 0 saturated carbocycles. The number of fused-ring (bicyclic) bond motifs is 1. The molecule has 1 amide bonds. The normalized spacial score (nSPS) is 10.9. The van der Waals surface area contributed by atoms with Gasteiger partial charge in [0.1, 0.15) is 0 Å². The van der Waals surface area contributed by atoms with E-state index < -0.39 is 5.97 Å². The number of hydrogen-bond acceptors (Lipinski definition) is 5. The number of nitrogens with one attached hydrogen (secondary N) is 1. The minimum atomic E-state index is -0.689. The number of amides is 1. The summed E-state index contributed by atoms with van der Waals surface area (Å²) in [5.74, 6) is -1.19. The van der Waals surface area contributed by atoms with Crippen LogP contribution < -0.4 is 10.7 Å². The lowest BCUT2D eigenvalue weighted by molar-refractivity contribution is 0.0462. The van der Waals surface area contributed by atoms with Crippen LogP contribution in [0.5, 0.6) is 0 Å². The average molecular weight is 464 g/mol. The molecule has 3 rings (SSSR count). The van der Waals surface area contributed by atoms with Gasteiger partial charge in [0, 0.05) is 11.6 Å². The van der Waals surface area contributed by atoms with Crippen LogP contribution in [-0.2, 0) is 11.2 Å². The second kappa shape index (κ2) is 12.7. The second-order valence-electron chi connectivity index (χ2n) is 8.46. The van der Waals surface area contributed by atoms with Crippen LogP contribution in [0.25, 0.3) is 11.0 Å². The SMILES string of the molecule is CCCCCCc1ccc(C(=O)Nc2cccc3c(=O)cc(C(=O)OCCCCC)oc23)cc1. The number of rotatable bonds is 12. The summed E-state index contributed by atoms with van der Waals surface area (Å²) in [6.45, 7) is 4.51. The number of anilines is 1. The summed E-state index contributed by atoms with van der Waals surface area (Å²) in [6, 6.07) is 13.6. The molecule has 2 aromatic carbocycles. The summed E-state index contributed by atoms with van der Waals surface area (Å²) in [6.07, 6.45) is 8.48. The largest absolute Gasteiger partial charge is 0.460 e. The van der Waals surface area contributed by atoms with Gasteiger partial charge in [-0.05, 0) is 49.1 Å². The zero-order valence-electron chi connectivity index (χ0n) is 20.0. The Balaban J connectivity index is 1.74. The number of carbonyl (C=O) groups excluding carboxylic acids is 2. The third-order valence-electron chi connectivity index (χ3n) is 5.72. The van der Waals surface area contributed by atoms with Gasteiger partial charge in [0.05, 0.1) is 17.7 Å². The first-order chi connectivity index (χ1) is 16.5. The van der Waals surface area contributed by atoms with E-state index in [1.54, 1.807) is 30.3 Å². The number of unbranched alkanes of at least 4 members (excludes halogenated alkanes) is 5. The first kappa shape index (κ1) is 25.2. The van der Waals surface area contributed by atoms with Crippen LogP contribution in [0.4, 0.5) is 5.69 Å². The smallest absolute Gasteiger partial charge is 0.374 e. The highest BCUT2D eigenvalue weighted by Crippen LogP contribution is 2.23. The molecule has 1 aromatic heterocycles. The molecule has 0 aliphatic rings. The van der Waals surface area contributed by atoms with Crippen molar-refractivity contribution < 1.29 is 18.7 Å². The molecule has 3 aromatic rings. The van der Waals surface area contributed by atoms with Crippen molar-refractivity contribution in [1.29, 1.82) is 0 Å². The van der Waals surface area contributed by atoms with Gasteiger partial charge in [-0.25, -0.2) is 4.79 Å². The number of esters is 1. The Morgan fingerprint density at radius 1 is 0.912 bits per heavy atom. The van der Waals surface area contributed by atoms with E-state index >= 15 is 0 Å².